The molecular weight excluding hydrogens is 340 g/mol. The lowest BCUT2D eigenvalue weighted by Crippen LogP contribution is -2.54. The van der Waals surface area contributed by atoms with Crippen LogP contribution < -0.4 is 5.32 Å². The largest absolute Gasteiger partial charge is 0.294 e. The van der Waals surface area contributed by atoms with Gasteiger partial charge >= 0.3 is 0 Å². The van der Waals surface area contributed by atoms with Crippen LogP contribution in [-0.2, 0) is 19.3 Å². The molecule has 0 bridgehead atoms. The molecule has 0 saturated heterocycles. The summed E-state index contributed by atoms with van der Waals surface area (Å²) < 4.78 is 0. The first kappa shape index (κ1) is 17.7. The molecule has 0 amide bonds. The van der Waals surface area contributed by atoms with Gasteiger partial charge in [-0.3, -0.25) is 10.2 Å². The molecule has 3 unspecified atom stereocenters. The Balaban J connectivity index is 1.44. The zero-order valence-electron chi connectivity index (χ0n) is 16.5. The van der Waals surface area contributed by atoms with Crippen molar-refractivity contribution in [3.63, 3.8) is 0 Å². The quantitative estimate of drug-likeness (QED) is 0.695. The lowest BCUT2D eigenvalue weighted by Gasteiger charge is -2.45. The highest BCUT2D eigenvalue weighted by Crippen LogP contribution is 2.35. The first-order valence-corrected chi connectivity index (χ1v) is 10.5. The Morgan fingerprint density at radius 1 is 0.821 bits per heavy atom. The second-order valence-corrected chi connectivity index (χ2v) is 8.19. The van der Waals surface area contributed by atoms with E-state index >= 15 is 0 Å². The summed E-state index contributed by atoms with van der Waals surface area (Å²) in [4.78, 5) is 2.68. The van der Waals surface area contributed by atoms with Crippen molar-refractivity contribution in [3.05, 3.63) is 107 Å². The van der Waals surface area contributed by atoms with E-state index in [0.29, 0.717) is 18.2 Å². The van der Waals surface area contributed by atoms with Crippen LogP contribution in [0.15, 0.2) is 78.9 Å². The molecular formula is C26H28N2. The van der Waals surface area contributed by atoms with Crippen molar-refractivity contribution >= 4 is 0 Å². The highest BCUT2D eigenvalue weighted by Gasteiger charge is 2.34. The smallest absolute Gasteiger partial charge is 0.0648 e. The van der Waals surface area contributed by atoms with Crippen LogP contribution in [0.25, 0.3) is 0 Å². The number of benzene rings is 3. The van der Waals surface area contributed by atoms with Gasteiger partial charge in [0, 0.05) is 25.0 Å². The van der Waals surface area contributed by atoms with E-state index < -0.39 is 0 Å². The van der Waals surface area contributed by atoms with E-state index in [4.69, 9.17) is 0 Å². The van der Waals surface area contributed by atoms with Gasteiger partial charge in [-0.2, -0.15) is 0 Å². The zero-order chi connectivity index (χ0) is 18.9. The molecule has 2 nitrogen and oxygen atoms in total. The number of nitrogens with one attached hydrogen (secondary N) is 1. The van der Waals surface area contributed by atoms with Gasteiger partial charge in [-0.05, 0) is 47.6 Å². The maximum Gasteiger partial charge on any atom is 0.0648 e. The molecule has 1 N–H and O–H groups in total. The molecule has 0 spiro atoms. The van der Waals surface area contributed by atoms with Crippen LogP contribution in [0.2, 0.25) is 0 Å². The minimum atomic E-state index is 0.363. The SMILES string of the molecule is CC1c2ccccc2CCN1C1Cc2ccccc2C(Cc2ccccc2)N1. The van der Waals surface area contributed by atoms with Crippen molar-refractivity contribution < 1.29 is 0 Å². The van der Waals surface area contributed by atoms with Gasteiger partial charge in [0.2, 0.25) is 0 Å². The standard InChI is InChI=1S/C26H28N2/c1-19-23-13-7-5-11-21(23)15-16-28(19)26-18-22-12-6-8-14-24(22)25(27-26)17-20-9-3-2-4-10-20/h2-14,19,25-27H,15-18H2,1H3. The molecule has 0 fully saturated rings. The number of hydrogen-bond donors (Lipinski definition) is 1. The Morgan fingerprint density at radius 2 is 1.50 bits per heavy atom. The number of hydrogen-bond acceptors (Lipinski definition) is 2. The Bertz CT molecular complexity index is 949. The molecule has 3 aromatic carbocycles. The molecule has 0 aliphatic carbocycles. The van der Waals surface area contributed by atoms with Gasteiger partial charge in [0.25, 0.3) is 0 Å². The second kappa shape index (κ2) is 7.54. The third kappa shape index (κ3) is 3.28. The van der Waals surface area contributed by atoms with Crippen LogP contribution in [0.5, 0.6) is 0 Å². The first-order valence-electron chi connectivity index (χ1n) is 10.5. The van der Waals surface area contributed by atoms with Crippen LogP contribution in [0.4, 0.5) is 0 Å². The Morgan fingerprint density at radius 3 is 2.32 bits per heavy atom. The van der Waals surface area contributed by atoms with E-state index in [9.17, 15) is 0 Å². The fraction of sp³-hybridized carbons (Fsp3) is 0.308. The second-order valence-electron chi connectivity index (χ2n) is 8.19. The Labute approximate surface area is 168 Å². The lowest BCUT2D eigenvalue weighted by molar-refractivity contribution is 0.0920. The van der Waals surface area contributed by atoms with Crippen LogP contribution in [0.3, 0.4) is 0 Å². The minimum Gasteiger partial charge on any atom is -0.294 e. The molecule has 5 rings (SSSR count). The number of fused-ring (bicyclic) bond motifs is 2. The molecule has 2 aliphatic rings. The van der Waals surface area contributed by atoms with E-state index in [0.717, 1.165) is 25.8 Å². The highest BCUT2D eigenvalue weighted by molar-refractivity contribution is 5.36. The third-order valence-electron chi connectivity index (χ3n) is 6.56. The third-order valence-corrected chi connectivity index (χ3v) is 6.56. The zero-order valence-corrected chi connectivity index (χ0v) is 16.5. The average molecular weight is 369 g/mol. The summed E-state index contributed by atoms with van der Waals surface area (Å²) >= 11 is 0. The fourth-order valence-electron chi connectivity index (χ4n) is 5.10. The van der Waals surface area contributed by atoms with Crippen LogP contribution in [0.1, 0.15) is 46.8 Å². The fourth-order valence-corrected chi connectivity index (χ4v) is 5.10. The van der Waals surface area contributed by atoms with Crippen molar-refractivity contribution in [2.24, 2.45) is 0 Å². The molecule has 2 heterocycles. The summed E-state index contributed by atoms with van der Waals surface area (Å²) in [6.07, 6.45) is 3.64. The number of rotatable bonds is 3. The van der Waals surface area contributed by atoms with Crippen molar-refractivity contribution in [2.45, 2.75) is 44.4 Å². The van der Waals surface area contributed by atoms with E-state index in [2.05, 4.69) is 96.0 Å². The average Bonchev–Trinajstić information content (AvgIpc) is 2.75. The Kier molecular flexibility index (Phi) is 4.76. The monoisotopic (exact) mass is 368 g/mol. The summed E-state index contributed by atoms with van der Waals surface area (Å²) in [5.41, 5.74) is 7.37. The summed E-state index contributed by atoms with van der Waals surface area (Å²) in [6, 6.07) is 29.6. The summed E-state index contributed by atoms with van der Waals surface area (Å²) in [5, 5.41) is 4.01. The maximum atomic E-state index is 4.01. The normalized spacial score (nSPS) is 24.4. The molecule has 3 aromatic rings. The number of nitrogens with zero attached hydrogens (tertiary/aromatic N) is 1. The van der Waals surface area contributed by atoms with Gasteiger partial charge < -0.3 is 0 Å². The van der Waals surface area contributed by atoms with Gasteiger partial charge in [-0.25, -0.2) is 0 Å². The summed E-state index contributed by atoms with van der Waals surface area (Å²) in [7, 11) is 0. The van der Waals surface area contributed by atoms with Gasteiger partial charge in [0.05, 0.1) is 6.17 Å². The van der Waals surface area contributed by atoms with Crippen molar-refractivity contribution in [3.8, 4) is 0 Å². The van der Waals surface area contributed by atoms with E-state index in [1.54, 1.807) is 0 Å². The van der Waals surface area contributed by atoms with Crippen LogP contribution in [-0.4, -0.2) is 17.6 Å². The summed E-state index contributed by atoms with van der Waals surface area (Å²) in [6.45, 7) is 3.49. The first-order chi connectivity index (χ1) is 13.8. The molecule has 2 aliphatic heterocycles. The molecule has 0 radical (unpaired) electrons. The Hall–Kier alpha value is -2.42. The van der Waals surface area contributed by atoms with E-state index in [1.807, 2.05) is 0 Å². The molecule has 2 heteroatoms. The predicted molar refractivity (Wildman–Crippen MR) is 115 cm³/mol. The van der Waals surface area contributed by atoms with Crippen molar-refractivity contribution in [1.82, 2.24) is 10.2 Å². The molecule has 0 aromatic heterocycles. The van der Waals surface area contributed by atoms with Crippen LogP contribution >= 0.6 is 0 Å². The minimum absolute atomic E-state index is 0.363. The van der Waals surface area contributed by atoms with E-state index in [1.165, 1.54) is 27.8 Å². The van der Waals surface area contributed by atoms with Gasteiger partial charge in [0.1, 0.15) is 0 Å². The van der Waals surface area contributed by atoms with Crippen molar-refractivity contribution in [2.75, 3.05) is 6.54 Å². The molecule has 142 valence electrons. The van der Waals surface area contributed by atoms with Gasteiger partial charge in [0.15, 0.2) is 0 Å². The van der Waals surface area contributed by atoms with Crippen LogP contribution in [0, 0.1) is 0 Å². The maximum absolute atomic E-state index is 4.01. The van der Waals surface area contributed by atoms with Gasteiger partial charge in [-0.1, -0.05) is 78.9 Å². The predicted octanol–water partition coefficient (Wildman–Crippen LogP) is 5.06. The van der Waals surface area contributed by atoms with Crippen molar-refractivity contribution in [1.29, 1.82) is 0 Å². The summed E-state index contributed by atoms with van der Waals surface area (Å²) in [5.74, 6) is 0. The van der Waals surface area contributed by atoms with E-state index in [-0.39, 0.29) is 0 Å². The molecule has 0 saturated carbocycles. The van der Waals surface area contributed by atoms with Gasteiger partial charge in [-0.15, -0.1) is 0 Å². The topological polar surface area (TPSA) is 15.3 Å². The molecule has 28 heavy (non-hydrogen) atoms. The lowest BCUT2D eigenvalue weighted by atomic mass is 9.87. The molecule has 3 atom stereocenters. The highest BCUT2D eigenvalue weighted by atomic mass is 15.3.